The molecule has 0 bridgehead atoms. The molecule has 1 spiro atoms. The van der Waals surface area contributed by atoms with Crippen molar-refractivity contribution in [2.45, 2.75) is 18.6 Å². The Morgan fingerprint density at radius 3 is 3.11 bits per heavy atom. The number of halogens is 1. The lowest BCUT2D eigenvalue weighted by Gasteiger charge is -2.39. The van der Waals surface area contributed by atoms with E-state index in [-0.39, 0.29) is 18.1 Å². The molecule has 1 atom stereocenters. The van der Waals surface area contributed by atoms with Crippen molar-refractivity contribution in [2.24, 2.45) is 0 Å². The van der Waals surface area contributed by atoms with Gasteiger partial charge in [-0.25, -0.2) is 0 Å². The molecule has 1 amide bonds. The Kier molecular flexibility index (Phi) is 3.48. The Balaban J connectivity index is 1.73. The second-order valence-electron chi connectivity index (χ2n) is 5.28. The first kappa shape index (κ1) is 12.9. The maximum atomic E-state index is 12.0. The van der Waals surface area contributed by atoms with E-state index < -0.39 is 0 Å². The van der Waals surface area contributed by atoms with Gasteiger partial charge < -0.3 is 15.0 Å². The van der Waals surface area contributed by atoms with Gasteiger partial charge in [0, 0.05) is 18.1 Å². The van der Waals surface area contributed by atoms with Gasteiger partial charge in [0.15, 0.2) is 0 Å². The lowest BCUT2D eigenvalue weighted by Crippen LogP contribution is -2.55. The molecule has 0 radical (unpaired) electrons. The lowest BCUT2D eigenvalue weighted by atomic mass is 10.00. The normalized spacial score (nSPS) is 27.2. The molecule has 19 heavy (non-hydrogen) atoms. The highest BCUT2D eigenvalue weighted by atomic mass is 35.5. The van der Waals surface area contributed by atoms with E-state index in [2.05, 4.69) is 5.32 Å². The summed E-state index contributed by atoms with van der Waals surface area (Å²) < 4.78 is 5.75. The molecule has 3 rings (SSSR count). The van der Waals surface area contributed by atoms with E-state index in [0.717, 1.165) is 25.1 Å². The second kappa shape index (κ2) is 5.12. The number of hydrogen-bond acceptors (Lipinski definition) is 3. The van der Waals surface area contributed by atoms with Gasteiger partial charge in [-0.1, -0.05) is 23.7 Å². The van der Waals surface area contributed by atoms with Gasteiger partial charge in [-0.15, -0.1) is 0 Å². The molecule has 1 unspecified atom stereocenters. The number of amides is 1. The summed E-state index contributed by atoms with van der Waals surface area (Å²) in [5.74, 6) is 0.0532. The number of hydrogen-bond donors (Lipinski definition) is 1. The maximum Gasteiger partial charge on any atom is 0.249 e. The van der Waals surface area contributed by atoms with Crippen molar-refractivity contribution in [1.82, 2.24) is 10.2 Å². The topological polar surface area (TPSA) is 41.6 Å². The van der Waals surface area contributed by atoms with E-state index in [9.17, 15) is 4.79 Å². The molecule has 0 aromatic heterocycles. The Morgan fingerprint density at radius 1 is 1.47 bits per heavy atom. The zero-order valence-electron chi connectivity index (χ0n) is 10.7. The van der Waals surface area contributed by atoms with Crippen LogP contribution in [0.1, 0.15) is 12.0 Å². The number of rotatable bonds is 2. The number of morpholine rings is 1. The molecule has 2 aliphatic rings. The Labute approximate surface area is 117 Å². The number of benzene rings is 1. The van der Waals surface area contributed by atoms with Crippen molar-refractivity contribution in [3.63, 3.8) is 0 Å². The van der Waals surface area contributed by atoms with Crippen LogP contribution in [0.25, 0.3) is 0 Å². The van der Waals surface area contributed by atoms with Crippen LogP contribution < -0.4 is 5.32 Å². The van der Waals surface area contributed by atoms with Gasteiger partial charge in [0.25, 0.3) is 0 Å². The first-order chi connectivity index (χ1) is 9.17. The van der Waals surface area contributed by atoms with Crippen molar-refractivity contribution in [3.8, 4) is 0 Å². The first-order valence-corrected chi connectivity index (χ1v) is 6.92. The molecule has 2 fully saturated rings. The highest BCUT2D eigenvalue weighted by Gasteiger charge is 2.41. The van der Waals surface area contributed by atoms with Gasteiger partial charge in [-0.2, -0.15) is 0 Å². The zero-order chi connectivity index (χ0) is 13.3. The van der Waals surface area contributed by atoms with Gasteiger partial charge in [0.1, 0.15) is 6.61 Å². The molecule has 5 heteroatoms. The summed E-state index contributed by atoms with van der Waals surface area (Å²) in [4.78, 5) is 13.8. The van der Waals surface area contributed by atoms with E-state index in [0.29, 0.717) is 18.1 Å². The monoisotopic (exact) mass is 280 g/mol. The van der Waals surface area contributed by atoms with Gasteiger partial charge >= 0.3 is 0 Å². The predicted molar refractivity (Wildman–Crippen MR) is 73.0 cm³/mol. The summed E-state index contributed by atoms with van der Waals surface area (Å²) in [5, 5.41) is 4.01. The molecule has 1 N–H and O–H groups in total. The van der Waals surface area contributed by atoms with Gasteiger partial charge in [-0.05, 0) is 30.7 Å². The highest BCUT2D eigenvalue weighted by molar-refractivity contribution is 6.30. The molecular weight excluding hydrogens is 264 g/mol. The molecule has 4 nitrogen and oxygen atoms in total. The number of carbonyl (C=O) groups is 1. The fraction of sp³-hybridized carbons (Fsp3) is 0.500. The minimum Gasteiger partial charge on any atom is -0.362 e. The third kappa shape index (κ3) is 2.76. The summed E-state index contributed by atoms with van der Waals surface area (Å²) in [6.45, 7) is 3.23. The second-order valence-corrected chi connectivity index (χ2v) is 5.71. The molecular formula is C14H17ClN2O2. The molecule has 1 aromatic carbocycles. The van der Waals surface area contributed by atoms with Crippen LogP contribution in [-0.4, -0.2) is 42.6 Å². The number of nitrogens with one attached hydrogen (secondary N) is 1. The van der Waals surface area contributed by atoms with Gasteiger partial charge in [0.2, 0.25) is 5.91 Å². The number of ether oxygens (including phenoxy) is 1. The average Bonchev–Trinajstić information content (AvgIpc) is 2.83. The maximum absolute atomic E-state index is 12.0. The van der Waals surface area contributed by atoms with Crippen molar-refractivity contribution in [2.75, 3.05) is 26.2 Å². The first-order valence-electron chi connectivity index (χ1n) is 6.54. The Morgan fingerprint density at radius 2 is 2.37 bits per heavy atom. The van der Waals surface area contributed by atoms with Crippen LogP contribution in [-0.2, 0) is 16.1 Å². The summed E-state index contributed by atoms with van der Waals surface area (Å²) in [7, 11) is 0. The smallest absolute Gasteiger partial charge is 0.249 e. The molecule has 0 saturated carbocycles. The third-order valence-electron chi connectivity index (χ3n) is 3.80. The average molecular weight is 281 g/mol. The summed E-state index contributed by atoms with van der Waals surface area (Å²) in [6, 6.07) is 7.65. The highest BCUT2D eigenvalue weighted by Crippen LogP contribution is 2.26. The fourth-order valence-corrected chi connectivity index (χ4v) is 2.98. The summed E-state index contributed by atoms with van der Waals surface area (Å²) in [5.41, 5.74) is 0.871. The minimum atomic E-state index is -0.188. The molecule has 2 saturated heterocycles. The van der Waals surface area contributed by atoms with Crippen LogP contribution in [0.2, 0.25) is 5.02 Å². The molecule has 1 aromatic rings. The third-order valence-corrected chi connectivity index (χ3v) is 4.04. The van der Waals surface area contributed by atoms with E-state index in [1.54, 1.807) is 0 Å². The molecule has 2 heterocycles. The van der Waals surface area contributed by atoms with E-state index >= 15 is 0 Å². The van der Waals surface area contributed by atoms with Crippen LogP contribution in [0.15, 0.2) is 24.3 Å². The standard InChI is InChI=1S/C14H17ClN2O2/c15-12-3-1-2-11(6-12)7-17-10-14(4-5-16-9-14)19-8-13(17)18/h1-3,6,16H,4-5,7-10H2. The van der Waals surface area contributed by atoms with Crippen LogP contribution >= 0.6 is 11.6 Å². The van der Waals surface area contributed by atoms with Gasteiger partial charge in [0.05, 0.1) is 12.1 Å². The van der Waals surface area contributed by atoms with Crippen molar-refractivity contribution in [3.05, 3.63) is 34.9 Å². The predicted octanol–water partition coefficient (Wildman–Crippen LogP) is 1.43. The van der Waals surface area contributed by atoms with Crippen LogP contribution in [0.5, 0.6) is 0 Å². The van der Waals surface area contributed by atoms with Crippen molar-refractivity contribution >= 4 is 17.5 Å². The quantitative estimate of drug-likeness (QED) is 0.891. The lowest BCUT2D eigenvalue weighted by molar-refractivity contribution is -0.161. The fourth-order valence-electron chi connectivity index (χ4n) is 2.77. The van der Waals surface area contributed by atoms with Crippen molar-refractivity contribution < 1.29 is 9.53 Å². The van der Waals surface area contributed by atoms with Crippen LogP contribution in [0.4, 0.5) is 0 Å². The summed E-state index contributed by atoms with van der Waals surface area (Å²) >= 11 is 5.98. The SMILES string of the molecule is O=C1COC2(CCNC2)CN1Cc1cccc(Cl)c1. The van der Waals surface area contributed by atoms with Crippen molar-refractivity contribution in [1.29, 1.82) is 0 Å². The summed E-state index contributed by atoms with van der Waals surface area (Å²) in [6.07, 6.45) is 0.965. The Hall–Kier alpha value is -1.10. The molecule has 0 aliphatic carbocycles. The minimum absolute atomic E-state index is 0.0532. The largest absolute Gasteiger partial charge is 0.362 e. The molecule has 2 aliphatic heterocycles. The number of nitrogens with zero attached hydrogens (tertiary/aromatic N) is 1. The van der Waals surface area contributed by atoms with E-state index in [4.69, 9.17) is 16.3 Å². The van der Waals surface area contributed by atoms with Crippen LogP contribution in [0.3, 0.4) is 0 Å². The Bertz CT molecular complexity index is 486. The van der Waals surface area contributed by atoms with E-state index in [1.165, 1.54) is 0 Å². The van der Waals surface area contributed by atoms with E-state index in [1.807, 2.05) is 29.2 Å². The molecule has 102 valence electrons. The zero-order valence-corrected chi connectivity index (χ0v) is 11.4. The number of carbonyl (C=O) groups excluding carboxylic acids is 1. The van der Waals surface area contributed by atoms with Crippen LogP contribution in [0, 0.1) is 0 Å². The van der Waals surface area contributed by atoms with Gasteiger partial charge in [-0.3, -0.25) is 4.79 Å².